The van der Waals surface area contributed by atoms with Crippen LogP contribution in [0.25, 0.3) is 0 Å². The molecule has 0 aromatic carbocycles. The average Bonchev–Trinajstić information content (AvgIpc) is 2.26. The van der Waals surface area contributed by atoms with Crippen LogP contribution in [-0.2, 0) is 4.79 Å². The molecule has 1 rings (SSSR count). The Hall–Kier alpha value is -1.20. The van der Waals surface area contributed by atoms with Gasteiger partial charge in [0.15, 0.2) is 0 Å². The topological polar surface area (TPSA) is 80.9 Å². The van der Waals surface area contributed by atoms with Gasteiger partial charge in [0.05, 0.1) is 5.54 Å². The monoisotopic (exact) mass is 256 g/mol. The number of carbonyl (C=O) groups excluding carboxylic acids is 1. The first kappa shape index (κ1) is 13.9. The number of hydrogen-bond acceptors (Lipinski definition) is 4. The van der Waals surface area contributed by atoms with E-state index in [1.807, 2.05) is 13.8 Å². The number of nitrogens with zero attached hydrogens (tertiary/aromatic N) is 2. The van der Waals surface area contributed by atoms with Crippen molar-refractivity contribution in [3.05, 3.63) is 16.9 Å². The van der Waals surface area contributed by atoms with Gasteiger partial charge in [-0.15, -0.1) is 0 Å². The number of carbonyl (C=O) groups is 1. The summed E-state index contributed by atoms with van der Waals surface area (Å²) < 4.78 is 0. The highest BCUT2D eigenvalue weighted by Gasteiger charge is 2.30. The fourth-order valence-electron chi connectivity index (χ4n) is 1.38. The van der Waals surface area contributed by atoms with Crippen molar-refractivity contribution in [1.29, 1.82) is 0 Å². The maximum absolute atomic E-state index is 12.0. The standard InChI is InChI=1S/C11H17ClN4O/c1-4-11(13,5-2)9(17)16-10-14-7(3)6-8(12)15-10/h6H,4-5,13H2,1-3H3,(H,14,15,16,17). The third-order valence-corrected chi connectivity index (χ3v) is 2.96. The highest BCUT2D eigenvalue weighted by atomic mass is 35.5. The normalized spacial score (nSPS) is 11.4. The molecule has 1 aromatic rings. The van der Waals surface area contributed by atoms with E-state index in [1.54, 1.807) is 13.0 Å². The van der Waals surface area contributed by atoms with Crippen LogP contribution in [-0.4, -0.2) is 21.4 Å². The largest absolute Gasteiger partial charge is 0.317 e. The molecule has 0 saturated heterocycles. The minimum Gasteiger partial charge on any atom is -0.317 e. The van der Waals surface area contributed by atoms with Crippen LogP contribution in [0.2, 0.25) is 5.15 Å². The van der Waals surface area contributed by atoms with E-state index in [9.17, 15) is 4.79 Å². The molecule has 0 aliphatic heterocycles. The van der Waals surface area contributed by atoms with E-state index in [0.717, 1.165) is 0 Å². The van der Waals surface area contributed by atoms with E-state index < -0.39 is 5.54 Å². The van der Waals surface area contributed by atoms with Crippen LogP contribution < -0.4 is 11.1 Å². The first-order valence-corrected chi connectivity index (χ1v) is 5.90. The summed E-state index contributed by atoms with van der Waals surface area (Å²) in [6, 6.07) is 1.62. The van der Waals surface area contributed by atoms with Crippen LogP contribution in [0.3, 0.4) is 0 Å². The Morgan fingerprint density at radius 1 is 1.47 bits per heavy atom. The smallest absolute Gasteiger partial charge is 0.246 e. The van der Waals surface area contributed by atoms with Crippen molar-refractivity contribution in [2.75, 3.05) is 5.32 Å². The predicted molar refractivity (Wildman–Crippen MR) is 67.9 cm³/mol. The third kappa shape index (κ3) is 3.38. The first-order valence-electron chi connectivity index (χ1n) is 5.52. The summed E-state index contributed by atoms with van der Waals surface area (Å²) in [6.45, 7) is 5.51. The molecule has 0 bridgehead atoms. The molecular weight excluding hydrogens is 240 g/mol. The highest BCUT2D eigenvalue weighted by Crippen LogP contribution is 2.15. The number of aromatic nitrogens is 2. The van der Waals surface area contributed by atoms with Crippen LogP contribution in [0.4, 0.5) is 5.95 Å². The zero-order valence-electron chi connectivity index (χ0n) is 10.2. The van der Waals surface area contributed by atoms with E-state index in [2.05, 4.69) is 15.3 Å². The first-order chi connectivity index (χ1) is 7.91. The molecule has 3 N–H and O–H groups in total. The Kier molecular flexibility index (Phi) is 4.42. The second kappa shape index (κ2) is 5.42. The number of halogens is 1. The molecule has 6 heteroatoms. The van der Waals surface area contributed by atoms with Crippen molar-refractivity contribution in [2.24, 2.45) is 5.73 Å². The van der Waals surface area contributed by atoms with Crippen molar-refractivity contribution in [3.8, 4) is 0 Å². The van der Waals surface area contributed by atoms with Crippen molar-refractivity contribution in [2.45, 2.75) is 39.2 Å². The lowest BCUT2D eigenvalue weighted by atomic mass is 9.93. The molecular formula is C11H17ClN4O. The lowest BCUT2D eigenvalue weighted by molar-refractivity contribution is -0.121. The predicted octanol–water partition coefficient (Wildman–Crippen LogP) is 1.89. The average molecular weight is 257 g/mol. The fourth-order valence-corrected chi connectivity index (χ4v) is 1.62. The number of rotatable bonds is 4. The summed E-state index contributed by atoms with van der Waals surface area (Å²) in [7, 11) is 0. The molecule has 94 valence electrons. The van der Waals surface area contributed by atoms with Crippen molar-refractivity contribution >= 4 is 23.5 Å². The van der Waals surface area contributed by atoms with Crippen molar-refractivity contribution < 1.29 is 4.79 Å². The Bertz CT molecular complexity index is 398. The fraction of sp³-hybridized carbons (Fsp3) is 0.545. The summed E-state index contributed by atoms with van der Waals surface area (Å²) in [5.74, 6) is -0.0964. The van der Waals surface area contributed by atoms with E-state index >= 15 is 0 Å². The molecule has 0 spiro atoms. The molecule has 0 radical (unpaired) electrons. The number of aryl methyl sites for hydroxylation is 1. The molecule has 0 saturated carbocycles. The van der Waals surface area contributed by atoms with Gasteiger partial charge in [-0.25, -0.2) is 9.97 Å². The SMILES string of the molecule is CCC(N)(CC)C(=O)Nc1nc(C)cc(Cl)n1. The molecule has 17 heavy (non-hydrogen) atoms. The van der Waals surface area contributed by atoms with Crippen LogP contribution in [0, 0.1) is 6.92 Å². The van der Waals surface area contributed by atoms with Gasteiger partial charge < -0.3 is 5.73 Å². The van der Waals surface area contributed by atoms with Gasteiger partial charge in [-0.2, -0.15) is 0 Å². The second-order valence-corrected chi connectivity index (χ2v) is 4.36. The van der Waals surface area contributed by atoms with Crippen LogP contribution >= 0.6 is 11.6 Å². The third-order valence-electron chi connectivity index (χ3n) is 2.76. The van der Waals surface area contributed by atoms with E-state index in [-0.39, 0.29) is 11.9 Å². The number of hydrogen-bond donors (Lipinski definition) is 2. The Morgan fingerprint density at radius 3 is 2.53 bits per heavy atom. The number of amides is 1. The summed E-state index contributed by atoms with van der Waals surface area (Å²) in [4.78, 5) is 20.0. The zero-order chi connectivity index (χ0) is 13.1. The summed E-state index contributed by atoms with van der Waals surface area (Å²) in [5.41, 5.74) is 5.76. The molecule has 1 aromatic heterocycles. The van der Waals surface area contributed by atoms with Crippen LogP contribution in [0.5, 0.6) is 0 Å². The molecule has 0 fully saturated rings. The van der Waals surface area contributed by atoms with Gasteiger partial charge in [0.25, 0.3) is 0 Å². The molecule has 0 aliphatic carbocycles. The molecule has 1 heterocycles. The highest BCUT2D eigenvalue weighted by molar-refractivity contribution is 6.29. The lowest BCUT2D eigenvalue weighted by Crippen LogP contribution is -2.50. The quantitative estimate of drug-likeness (QED) is 0.806. The van der Waals surface area contributed by atoms with Gasteiger partial charge in [-0.3, -0.25) is 10.1 Å². The Morgan fingerprint density at radius 2 is 2.06 bits per heavy atom. The lowest BCUT2D eigenvalue weighted by Gasteiger charge is -2.24. The number of nitrogens with one attached hydrogen (secondary N) is 1. The maximum atomic E-state index is 12.0. The summed E-state index contributed by atoms with van der Waals surface area (Å²) in [5, 5.41) is 2.89. The van der Waals surface area contributed by atoms with Crippen LogP contribution in [0.15, 0.2) is 6.07 Å². The Balaban J connectivity index is 2.87. The Labute approximate surface area is 106 Å². The van der Waals surface area contributed by atoms with Gasteiger partial charge in [-0.1, -0.05) is 25.4 Å². The molecule has 0 unspecified atom stereocenters. The second-order valence-electron chi connectivity index (χ2n) is 3.97. The van der Waals surface area contributed by atoms with E-state index in [1.165, 1.54) is 0 Å². The van der Waals surface area contributed by atoms with Crippen molar-refractivity contribution in [1.82, 2.24) is 9.97 Å². The molecule has 5 nitrogen and oxygen atoms in total. The maximum Gasteiger partial charge on any atom is 0.246 e. The molecule has 0 aliphatic rings. The van der Waals surface area contributed by atoms with E-state index in [0.29, 0.717) is 23.7 Å². The number of nitrogens with two attached hydrogens (primary N) is 1. The van der Waals surface area contributed by atoms with Gasteiger partial charge in [-0.05, 0) is 25.8 Å². The van der Waals surface area contributed by atoms with Gasteiger partial charge in [0, 0.05) is 5.69 Å². The van der Waals surface area contributed by atoms with Gasteiger partial charge >= 0.3 is 0 Å². The van der Waals surface area contributed by atoms with Crippen molar-refractivity contribution in [3.63, 3.8) is 0 Å². The minimum atomic E-state index is -0.889. The molecule has 0 atom stereocenters. The minimum absolute atomic E-state index is 0.191. The summed E-state index contributed by atoms with van der Waals surface area (Å²) >= 11 is 5.78. The molecule has 1 amide bonds. The zero-order valence-corrected chi connectivity index (χ0v) is 11.0. The summed E-state index contributed by atoms with van der Waals surface area (Å²) in [6.07, 6.45) is 1.10. The van der Waals surface area contributed by atoms with Gasteiger partial charge in [0.2, 0.25) is 11.9 Å². The van der Waals surface area contributed by atoms with E-state index in [4.69, 9.17) is 17.3 Å². The number of anilines is 1. The van der Waals surface area contributed by atoms with Gasteiger partial charge in [0.1, 0.15) is 5.15 Å². The van der Waals surface area contributed by atoms with Crippen LogP contribution in [0.1, 0.15) is 32.4 Å².